The lowest BCUT2D eigenvalue weighted by Crippen LogP contribution is -1.83. The highest BCUT2D eigenvalue weighted by molar-refractivity contribution is 5.61. The minimum Gasteiger partial charge on any atom is -0.334 e. The summed E-state index contributed by atoms with van der Waals surface area (Å²) in [5, 5.41) is 3.98. The first kappa shape index (κ1) is 15.9. The average molecular weight is 270 g/mol. The summed E-state index contributed by atoms with van der Waals surface area (Å²) in [4.78, 5) is 4.38. The molecule has 0 spiro atoms. The molecule has 0 atom stereocenters. The number of aromatic nitrogens is 2. The molecule has 3 nitrogen and oxygen atoms in total. The molecule has 1 heterocycles. The van der Waals surface area contributed by atoms with E-state index in [0.29, 0.717) is 11.7 Å². The Hall–Kier alpha value is -2.16. The van der Waals surface area contributed by atoms with Crippen LogP contribution in [0.25, 0.3) is 17.0 Å². The first-order valence-electron chi connectivity index (χ1n) is 6.91. The van der Waals surface area contributed by atoms with Gasteiger partial charge in [0, 0.05) is 5.56 Å². The van der Waals surface area contributed by atoms with Crippen LogP contribution in [0.1, 0.15) is 39.1 Å². The predicted molar refractivity (Wildman–Crippen MR) is 84.3 cm³/mol. The second-order valence-corrected chi connectivity index (χ2v) is 4.16. The summed E-state index contributed by atoms with van der Waals surface area (Å²) >= 11 is 0. The zero-order chi connectivity index (χ0) is 15.0. The van der Waals surface area contributed by atoms with E-state index in [2.05, 4.69) is 10.1 Å². The maximum Gasteiger partial charge on any atom is 0.258 e. The van der Waals surface area contributed by atoms with Crippen molar-refractivity contribution in [1.29, 1.82) is 0 Å². The highest BCUT2D eigenvalue weighted by Gasteiger charge is 2.09. The quantitative estimate of drug-likeness (QED) is 0.732. The zero-order valence-electron chi connectivity index (χ0n) is 12.8. The Balaban J connectivity index is 0.000000956. The zero-order valence-corrected chi connectivity index (χ0v) is 12.8. The molecule has 3 heteroatoms. The number of nitrogens with zero attached hydrogens (tertiary/aromatic N) is 2. The number of aryl methyl sites for hydroxylation is 1. The Kier molecular flexibility index (Phi) is 6.44. The summed E-state index contributed by atoms with van der Waals surface area (Å²) in [6.07, 6.45) is 5.88. The fourth-order valence-electron chi connectivity index (χ4n) is 1.51. The molecule has 0 aliphatic carbocycles. The van der Waals surface area contributed by atoms with Gasteiger partial charge in [0.25, 0.3) is 5.89 Å². The Morgan fingerprint density at radius 1 is 1.15 bits per heavy atom. The maximum atomic E-state index is 5.27. The van der Waals surface area contributed by atoms with Gasteiger partial charge in [0.2, 0.25) is 0 Å². The van der Waals surface area contributed by atoms with Gasteiger partial charge < -0.3 is 4.52 Å². The molecule has 1 aromatic carbocycles. The Morgan fingerprint density at radius 3 is 2.40 bits per heavy atom. The van der Waals surface area contributed by atoms with Crippen LogP contribution in [-0.2, 0) is 0 Å². The summed E-state index contributed by atoms with van der Waals surface area (Å²) in [5.41, 5.74) is 3.14. The van der Waals surface area contributed by atoms with E-state index in [0.717, 1.165) is 11.1 Å². The fourth-order valence-corrected chi connectivity index (χ4v) is 1.51. The Bertz CT molecular complexity index is 577. The Labute approximate surface area is 121 Å². The van der Waals surface area contributed by atoms with Gasteiger partial charge in [0.15, 0.2) is 5.82 Å². The van der Waals surface area contributed by atoms with Crippen LogP contribution in [0, 0.1) is 6.92 Å². The third kappa shape index (κ3) is 4.19. The topological polar surface area (TPSA) is 38.9 Å². The lowest BCUT2D eigenvalue weighted by Gasteiger charge is -1.94. The van der Waals surface area contributed by atoms with Crippen LogP contribution in [0.15, 0.2) is 47.0 Å². The van der Waals surface area contributed by atoms with E-state index in [1.807, 2.05) is 77.1 Å². The fraction of sp³-hybridized carbons (Fsp3) is 0.294. The smallest absolute Gasteiger partial charge is 0.258 e. The first-order chi connectivity index (χ1) is 9.70. The molecule has 106 valence electrons. The SMILES string of the molecule is C/C=C\C=C(/C)c1noc(-c2ccc(C)cc2)n1.CC. The van der Waals surface area contributed by atoms with Crippen LogP contribution in [-0.4, -0.2) is 10.1 Å². The highest BCUT2D eigenvalue weighted by Crippen LogP contribution is 2.20. The van der Waals surface area contributed by atoms with Crippen molar-refractivity contribution < 1.29 is 4.52 Å². The molecule has 0 fully saturated rings. The molecular formula is C17H22N2O. The van der Waals surface area contributed by atoms with E-state index in [-0.39, 0.29) is 0 Å². The second kappa shape index (κ2) is 8.10. The first-order valence-corrected chi connectivity index (χ1v) is 6.91. The molecule has 20 heavy (non-hydrogen) atoms. The molecule has 0 amide bonds. The van der Waals surface area contributed by atoms with Crippen molar-refractivity contribution in [3.05, 3.63) is 53.9 Å². The molecule has 0 N–H and O–H groups in total. The van der Waals surface area contributed by atoms with Gasteiger partial charge in [-0.15, -0.1) is 0 Å². The summed E-state index contributed by atoms with van der Waals surface area (Å²) in [6.45, 7) is 9.98. The van der Waals surface area contributed by atoms with Crippen LogP contribution < -0.4 is 0 Å². The van der Waals surface area contributed by atoms with Crippen molar-refractivity contribution in [1.82, 2.24) is 10.1 Å². The molecule has 1 aromatic heterocycles. The van der Waals surface area contributed by atoms with Gasteiger partial charge in [-0.2, -0.15) is 4.98 Å². The van der Waals surface area contributed by atoms with Crippen molar-refractivity contribution in [2.24, 2.45) is 0 Å². The minimum atomic E-state index is 0.554. The van der Waals surface area contributed by atoms with Crippen LogP contribution in [0.2, 0.25) is 0 Å². The van der Waals surface area contributed by atoms with Gasteiger partial charge >= 0.3 is 0 Å². The third-order valence-corrected chi connectivity index (χ3v) is 2.62. The largest absolute Gasteiger partial charge is 0.334 e. The maximum absolute atomic E-state index is 5.27. The number of hydrogen-bond donors (Lipinski definition) is 0. The standard InChI is InChI=1S/C15H16N2O.C2H6/c1-4-5-6-12(3)14-16-15(18-17-14)13-9-7-11(2)8-10-13;1-2/h4-10H,1-3H3;1-2H3/b5-4-,12-6+;. The normalized spacial score (nSPS) is 11.3. The molecule has 0 bridgehead atoms. The Morgan fingerprint density at radius 2 is 1.80 bits per heavy atom. The second-order valence-electron chi connectivity index (χ2n) is 4.16. The monoisotopic (exact) mass is 270 g/mol. The van der Waals surface area contributed by atoms with Crippen LogP contribution in [0.4, 0.5) is 0 Å². The molecule has 0 saturated carbocycles. The van der Waals surface area contributed by atoms with Gasteiger partial charge in [-0.05, 0) is 38.5 Å². The van der Waals surface area contributed by atoms with E-state index in [9.17, 15) is 0 Å². The van der Waals surface area contributed by atoms with E-state index in [1.165, 1.54) is 5.56 Å². The number of hydrogen-bond acceptors (Lipinski definition) is 3. The summed E-state index contributed by atoms with van der Waals surface area (Å²) in [7, 11) is 0. The van der Waals surface area contributed by atoms with E-state index >= 15 is 0 Å². The summed E-state index contributed by atoms with van der Waals surface area (Å²) in [5.74, 6) is 1.18. The van der Waals surface area contributed by atoms with Crippen LogP contribution in [0.3, 0.4) is 0 Å². The van der Waals surface area contributed by atoms with Gasteiger partial charge in [-0.3, -0.25) is 0 Å². The van der Waals surface area contributed by atoms with Crippen LogP contribution >= 0.6 is 0 Å². The van der Waals surface area contributed by atoms with E-state index in [4.69, 9.17) is 4.52 Å². The molecular weight excluding hydrogens is 248 g/mol. The lowest BCUT2D eigenvalue weighted by molar-refractivity contribution is 0.428. The molecule has 0 aliphatic rings. The number of benzene rings is 1. The van der Waals surface area contributed by atoms with Gasteiger partial charge in [0.05, 0.1) is 0 Å². The number of rotatable bonds is 3. The number of allylic oxidation sites excluding steroid dienone is 4. The molecule has 0 unspecified atom stereocenters. The molecule has 0 aliphatic heterocycles. The minimum absolute atomic E-state index is 0.554. The van der Waals surface area contributed by atoms with Gasteiger partial charge in [-0.25, -0.2) is 0 Å². The molecule has 0 radical (unpaired) electrons. The van der Waals surface area contributed by atoms with Crippen LogP contribution in [0.5, 0.6) is 0 Å². The highest BCUT2D eigenvalue weighted by atomic mass is 16.5. The van der Waals surface area contributed by atoms with Gasteiger partial charge in [-0.1, -0.05) is 54.9 Å². The van der Waals surface area contributed by atoms with Crippen molar-refractivity contribution in [2.45, 2.75) is 34.6 Å². The molecule has 2 aromatic rings. The van der Waals surface area contributed by atoms with E-state index in [1.54, 1.807) is 0 Å². The third-order valence-electron chi connectivity index (χ3n) is 2.62. The predicted octanol–water partition coefficient (Wildman–Crippen LogP) is 5.05. The van der Waals surface area contributed by atoms with Crippen molar-refractivity contribution >= 4 is 5.57 Å². The van der Waals surface area contributed by atoms with E-state index < -0.39 is 0 Å². The van der Waals surface area contributed by atoms with Crippen molar-refractivity contribution in [2.75, 3.05) is 0 Å². The summed E-state index contributed by atoms with van der Waals surface area (Å²) in [6, 6.07) is 8.03. The van der Waals surface area contributed by atoms with Crippen molar-refractivity contribution in [3.8, 4) is 11.5 Å². The summed E-state index contributed by atoms with van der Waals surface area (Å²) < 4.78 is 5.27. The molecule has 0 saturated heterocycles. The van der Waals surface area contributed by atoms with Crippen molar-refractivity contribution in [3.63, 3.8) is 0 Å². The molecule has 2 rings (SSSR count). The van der Waals surface area contributed by atoms with Gasteiger partial charge in [0.1, 0.15) is 0 Å². The average Bonchev–Trinajstić information content (AvgIpc) is 2.97. The lowest BCUT2D eigenvalue weighted by atomic mass is 10.1.